The number of nitrogens with one attached hydrogen (secondary N) is 1. The number of carbonyl (C=O) groups excluding carboxylic acids is 2. The van der Waals surface area contributed by atoms with E-state index in [4.69, 9.17) is 9.47 Å². The Balaban J connectivity index is 1.20. The number of anilines is 1. The highest BCUT2D eigenvalue weighted by Crippen LogP contribution is 2.25. The lowest BCUT2D eigenvalue weighted by atomic mass is 9.94. The molecule has 1 N–H and O–H groups in total. The number of carbonyl (C=O) groups is 2. The van der Waals surface area contributed by atoms with Gasteiger partial charge in [-0.3, -0.25) is 20.0 Å². The van der Waals surface area contributed by atoms with Crippen LogP contribution >= 0.6 is 0 Å². The van der Waals surface area contributed by atoms with E-state index in [1.54, 1.807) is 18.6 Å². The lowest BCUT2D eigenvalue weighted by Crippen LogP contribution is -2.46. The Hall–Kier alpha value is -3.20. The highest BCUT2D eigenvalue weighted by atomic mass is 16.6. The Labute approximate surface area is 213 Å². The van der Waals surface area contributed by atoms with Gasteiger partial charge in [-0.25, -0.2) is 9.78 Å². The second kappa shape index (κ2) is 11.7. The number of likely N-dealkylation sites (tertiary alicyclic amines) is 2. The highest BCUT2D eigenvalue weighted by molar-refractivity contribution is 5.83. The Morgan fingerprint density at radius 2 is 1.81 bits per heavy atom. The van der Waals surface area contributed by atoms with E-state index < -0.39 is 11.7 Å². The molecule has 2 amide bonds. The first-order chi connectivity index (χ1) is 17.2. The molecule has 9 nitrogen and oxygen atoms in total. The quantitative estimate of drug-likeness (QED) is 0.644. The summed E-state index contributed by atoms with van der Waals surface area (Å²) in [4.78, 5) is 37.8. The normalized spacial score (nSPS) is 18.0. The topological polar surface area (TPSA) is 96.9 Å². The minimum Gasteiger partial charge on any atom is -0.489 e. The summed E-state index contributed by atoms with van der Waals surface area (Å²) in [6.07, 6.45) is 8.20. The molecule has 4 heterocycles. The largest absolute Gasteiger partial charge is 0.489 e. The van der Waals surface area contributed by atoms with Gasteiger partial charge in [-0.1, -0.05) is 0 Å². The Bertz CT molecular complexity index is 1010. The number of hydrogen-bond acceptors (Lipinski definition) is 7. The predicted molar refractivity (Wildman–Crippen MR) is 137 cm³/mol. The van der Waals surface area contributed by atoms with Crippen LogP contribution in [0.2, 0.25) is 0 Å². The number of nitrogens with zero attached hydrogens (tertiary/aromatic N) is 4. The first kappa shape index (κ1) is 25.9. The van der Waals surface area contributed by atoms with E-state index in [0.29, 0.717) is 5.82 Å². The summed E-state index contributed by atoms with van der Waals surface area (Å²) in [6, 6.07) is 7.62. The number of ether oxygens (including phenoxy) is 2. The molecule has 2 saturated heterocycles. The van der Waals surface area contributed by atoms with Crippen LogP contribution in [0.3, 0.4) is 0 Å². The van der Waals surface area contributed by atoms with Crippen molar-refractivity contribution in [2.75, 3.05) is 31.5 Å². The fraction of sp³-hybridized carbons (Fsp3) is 0.556. The van der Waals surface area contributed by atoms with Crippen LogP contribution in [0, 0.1) is 5.92 Å². The van der Waals surface area contributed by atoms with Gasteiger partial charge in [-0.15, -0.1) is 0 Å². The summed E-state index contributed by atoms with van der Waals surface area (Å²) < 4.78 is 11.3. The molecular formula is C27H37N5O4. The van der Waals surface area contributed by atoms with Gasteiger partial charge < -0.3 is 14.4 Å². The molecule has 0 unspecified atom stereocenters. The molecule has 0 bridgehead atoms. The molecular weight excluding hydrogens is 458 g/mol. The first-order valence-electron chi connectivity index (χ1n) is 12.8. The fourth-order valence-corrected chi connectivity index (χ4v) is 4.71. The first-order valence-corrected chi connectivity index (χ1v) is 12.8. The summed E-state index contributed by atoms with van der Waals surface area (Å²) in [5.41, 5.74) is 0.504. The van der Waals surface area contributed by atoms with Gasteiger partial charge in [0.15, 0.2) is 0 Å². The Morgan fingerprint density at radius 1 is 1.06 bits per heavy atom. The van der Waals surface area contributed by atoms with Gasteiger partial charge in [0.25, 0.3) is 0 Å². The standard InChI is InChI=1S/C27H37N5O4/c1-27(2,3)36-26(34)30-24-17-20(6-12-29-24)19-31-13-7-21(8-14-31)25(33)32-15-9-22(10-16-32)35-23-5-4-11-28-18-23/h4-6,11-12,17-18,21-22H,7-10,13-16,19H2,1-3H3,(H,29,30,34). The third-order valence-electron chi connectivity index (χ3n) is 6.49. The maximum Gasteiger partial charge on any atom is 0.413 e. The Morgan fingerprint density at radius 3 is 2.47 bits per heavy atom. The molecule has 194 valence electrons. The molecule has 4 rings (SSSR count). The van der Waals surface area contributed by atoms with Crippen molar-refractivity contribution in [1.82, 2.24) is 19.8 Å². The summed E-state index contributed by atoms with van der Waals surface area (Å²) in [6.45, 7) is 9.45. The van der Waals surface area contributed by atoms with E-state index in [0.717, 1.165) is 69.7 Å². The molecule has 9 heteroatoms. The SMILES string of the molecule is CC(C)(C)OC(=O)Nc1cc(CN2CCC(C(=O)N3CCC(Oc4cccnc4)CC3)CC2)ccn1. The second-order valence-electron chi connectivity index (χ2n) is 10.6. The zero-order valence-corrected chi connectivity index (χ0v) is 21.5. The zero-order valence-electron chi connectivity index (χ0n) is 21.5. The third kappa shape index (κ3) is 7.65. The van der Waals surface area contributed by atoms with E-state index in [1.807, 2.05) is 49.9 Å². The average molecular weight is 496 g/mol. The molecule has 36 heavy (non-hydrogen) atoms. The van der Waals surface area contributed by atoms with Crippen molar-refractivity contribution in [2.45, 2.75) is 64.7 Å². The van der Waals surface area contributed by atoms with Gasteiger partial charge in [0.1, 0.15) is 23.3 Å². The average Bonchev–Trinajstić information content (AvgIpc) is 2.84. The van der Waals surface area contributed by atoms with Gasteiger partial charge in [0.05, 0.1) is 6.20 Å². The molecule has 0 spiro atoms. The minimum atomic E-state index is -0.562. The number of aromatic nitrogens is 2. The lowest BCUT2D eigenvalue weighted by Gasteiger charge is -2.37. The number of amides is 2. The van der Waals surface area contributed by atoms with Crippen molar-refractivity contribution in [3.8, 4) is 5.75 Å². The van der Waals surface area contributed by atoms with Gasteiger partial charge in [-0.2, -0.15) is 0 Å². The van der Waals surface area contributed by atoms with E-state index in [-0.39, 0.29) is 17.9 Å². The number of hydrogen-bond donors (Lipinski definition) is 1. The summed E-state index contributed by atoms with van der Waals surface area (Å²) in [7, 11) is 0. The molecule has 0 atom stereocenters. The van der Waals surface area contributed by atoms with Crippen molar-refractivity contribution >= 4 is 17.8 Å². The lowest BCUT2D eigenvalue weighted by molar-refractivity contribution is -0.139. The smallest absolute Gasteiger partial charge is 0.413 e. The van der Waals surface area contributed by atoms with Crippen LogP contribution in [0.5, 0.6) is 5.75 Å². The Kier molecular flexibility index (Phi) is 8.40. The highest BCUT2D eigenvalue weighted by Gasteiger charge is 2.31. The van der Waals surface area contributed by atoms with Crippen molar-refractivity contribution in [1.29, 1.82) is 0 Å². The van der Waals surface area contributed by atoms with Crippen LogP contribution in [0.15, 0.2) is 42.9 Å². The van der Waals surface area contributed by atoms with E-state index in [2.05, 4.69) is 20.2 Å². The van der Waals surface area contributed by atoms with Crippen molar-refractivity contribution in [3.05, 3.63) is 48.4 Å². The molecule has 2 fully saturated rings. The maximum absolute atomic E-state index is 13.1. The predicted octanol–water partition coefficient (Wildman–Crippen LogP) is 4.11. The van der Waals surface area contributed by atoms with Crippen molar-refractivity contribution in [3.63, 3.8) is 0 Å². The third-order valence-corrected chi connectivity index (χ3v) is 6.49. The maximum atomic E-state index is 13.1. The number of pyridine rings is 2. The van der Waals surface area contributed by atoms with Crippen LogP contribution in [0.4, 0.5) is 10.6 Å². The van der Waals surface area contributed by atoms with Crippen LogP contribution in [-0.2, 0) is 16.1 Å². The molecule has 2 aromatic heterocycles. The van der Waals surface area contributed by atoms with E-state index in [1.165, 1.54) is 0 Å². The zero-order chi connectivity index (χ0) is 25.5. The van der Waals surface area contributed by atoms with Gasteiger partial charge >= 0.3 is 6.09 Å². The molecule has 0 saturated carbocycles. The molecule has 2 aliphatic heterocycles. The van der Waals surface area contributed by atoms with Crippen LogP contribution < -0.4 is 10.1 Å². The fourth-order valence-electron chi connectivity index (χ4n) is 4.71. The second-order valence-corrected chi connectivity index (χ2v) is 10.6. The number of piperidine rings is 2. The van der Waals surface area contributed by atoms with E-state index in [9.17, 15) is 9.59 Å². The monoisotopic (exact) mass is 495 g/mol. The van der Waals surface area contributed by atoms with Gasteiger partial charge in [0, 0.05) is 50.8 Å². The summed E-state index contributed by atoms with van der Waals surface area (Å²) in [5.74, 6) is 1.63. The molecule has 2 aliphatic rings. The van der Waals surface area contributed by atoms with Crippen LogP contribution in [0.25, 0.3) is 0 Å². The molecule has 0 aromatic carbocycles. The van der Waals surface area contributed by atoms with Gasteiger partial charge in [-0.05, 0) is 76.5 Å². The molecule has 0 radical (unpaired) electrons. The van der Waals surface area contributed by atoms with Crippen molar-refractivity contribution < 1.29 is 19.1 Å². The summed E-state index contributed by atoms with van der Waals surface area (Å²) in [5, 5.41) is 2.70. The minimum absolute atomic E-state index is 0.0823. The van der Waals surface area contributed by atoms with Crippen LogP contribution in [-0.4, -0.2) is 69.7 Å². The van der Waals surface area contributed by atoms with Gasteiger partial charge in [0.2, 0.25) is 5.91 Å². The van der Waals surface area contributed by atoms with Crippen LogP contribution in [0.1, 0.15) is 52.0 Å². The molecule has 2 aromatic rings. The number of rotatable bonds is 6. The van der Waals surface area contributed by atoms with Crippen molar-refractivity contribution in [2.24, 2.45) is 5.92 Å². The summed E-state index contributed by atoms with van der Waals surface area (Å²) >= 11 is 0. The molecule has 0 aliphatic carbocycles. The van der Waals surface area contributed by atoms with E-state index >= 15 is 0 Å².